The average Bonchev–Trinajstić information content (AvgIpc) is 2.54. The number of hydrogen-bond acceptors (Lipinski definition) is 6. The Labute approximate surface area is 144 Å². The average molecular weight is 358 g/mol. The second-order valence-electron chi connectivity index (χ2n) is 6.47. The van der Waals surface area contributed by atoms with Crippen molar-refractivity contribution in [3.05, 3.63) is 28.3 Å². The monoisotopic (exact) mass is 358 g/mol. The maximum Gasteiger partial charge on any atom is 0.292 e. The standard InChI is InChI=1S/C16H26N2O5S/c1-24(2,3)11-10-22-13-23-14-4-5-15(18(19)20)16(12-14)17-6-8-21-9-7-17/h4-5,12H,6-11,13H2,1-3H3. The summed E-state index contributed by atoms with van der Waals surface area (Å²) in [5.41, 5.74) is 0.654. The summed E-state index contributed by atoms with van der Waals surface area (Å²) < 4.78 is 16.4. The van der Waals surface area contributed by atoms with Gasteiger partial charge in [0.25, 0.3) is 5.69 Å². The number of benzene rings is 1. The Balaban J connectivity index is 1.97. The lowest BCUT2D eigenvalue weighted by Gasteiger charge is -2.28. The van der Waals surface area contributed by atoms with Crippen LogP contribution in [0.25, 0.3) is 0 Å². The van der Waals surface area contributed by atoms with Gasteiger partial charge in [0.15, 0.2) is 6.79 Å². The van der Waals surface area contributed by atoms with Crippen molar-refractivity contribution in [2.24, 2.45) is 0 Å². The number of nitro groups is 1. The SMILES string of the molecule is CS(C)(C)CCOCOc1ccc([N+](=O)[O-])c(N2CCOCC2)c1. The molecule has 0 radical (unpaired) electrons. The zero-order chi connectivity index (χ0) is 17.6. The van der Waals surface area contributed by atoms with Gasteiger partial charge in [-0.15, -0.1) is 0 Å². The van der Waals surface area contributed by atoms with Crippen LogP contribution in [-0.4, -0.2) is 69.1 Å². The summed E-state index contributed by atoms with van der Waals surface area (Å²) in [6, 6.07) is 4.81. The van der Waals surface area contributed by atoms with Gasteiger partial charge in [-0.3, -0.25) is 10.1 Å². The minimum atomic E-state index is -0.580. The van der Waals surface area contributed by atoms with Crippen LogP contribution in [0.5, 0.6) is 5.75 Å². The molecule has 1 aromatic carbocycles. The first-order chi connectivity index (χ1) is 11.4. The molecule has 0 aliphatic carbocycles. The first-order valence-corrected chi connectivity index (χ1v) is 10.9. The molecule has 1 aliphatic rings. The Bertz CT molecular complexity index is 556. The van der Waals surface area contributed by atoms with Gasteiger partial charge in [-0.05, 0) is 24.8 Å². The smallest absolute Gasteiger partial charge is 0.292 e. The molecule has 1 aromatic rings. The third-order valence-electron chi connectivity index (χ3n) is 3.64. The van der Waals surface area contributed by atoms with E-state index in [1.807, 2.05) is 4.90 Å². The first kappa shape index (κ1) is 18.8. The van der Waals surface area contributed by atoms with E-state index >= 15 is 0 Å². The molecule has 24 heavy (non-hydrogen) atoms. The molecule has 1 heterocycles. The summed E-state index contributed by atoms with van der Waals surface area (Å²) in [5, 5.41) is 11.3. The van der Waals surface area contributed by atoms with Gasteiger partial charge < -0.3 is 19.1 Å². The zero-order valence-corrected chi connectivity index (χ0v) is 15.3. The Morgan fingerprint density at radius 2 is 2.00 bits per heavy atom. The highest BCUT2D eigenvalue weighted by Gasteiger charge is 2.22. The Morgan fingerprint density at radius 1 is 1.29 bits per heavy atom. The predicted molar refractivity (Wildman–Crippen MR) is 97.8 cm³/mol. The van der Waals surface area contributed by atoms with E-state index < -0.39 is 10.0 Å². The maximum absolute atomic E-state index is 11.3. The van der Waals surface area contributed by atoms with Crippen LogP contribution in [0.4, 0.5) is 11.4 Å². The maximum atomic E-state index is 11.3. The minimum Gasteiger partial charge on any atom is -0.467 e. The molecular weight excluding hydrogens is 332 g/mol. The molecule has 136 valence electrons. The number of nitro benzene ring substituents is 1. The molecule has 0 N–H and O–H groups in total. The number of nitrogens with zero attached hydrogens (tertiary/aromatic N) is 2. The third-order valence-corrected chi connectivity index (χ3v) is 5.04. The van der Waals surface area contributed by atoms with Crippen molar-refractivity contribution < 1.29 is 19.1 Å². The topological polar surface area (TPSA) is 74.1 Å². The fourth-order valence-electron chi connectivity index (χ4n) is 2.28. The van der Waals surface area contributed by atoms with Gasteiger partial charge in [-0.2, -0.15) is 0 Å². The van der Waals surface area contributed by atoms with Crippen molar-refractivity contribution in [2.75, 3.05) is 69.1 Å². The van der Waals surface area contributed by atoms with Crippen molar-refractivity contribution >= 4 is 21.4 Å². The first-order valence-electron chi connectivity index (χ1n) is 7.84. The summed E-state index contributed by atoms with van der Waals surface area (Å²) >= 11 is 0. The highest BCUT2D eigenvalue weighted by molar-refractivity contribution is 8.32. The van der Waals surface area contributed by atoms with Gasteiger partial charge in [0.2, 0.25) is 0 Å². The van der Waals surface area contributed by atoms with Crippen LogP contribution in [0.15, 0.2) is 18.2 Å². The van der Waals surface area contributed by atoms with Crippen molar-refractivity contribution in [1.82, 2.24) is 0 Å². The van der Waals surface area contributed by atoms with Gasteiger partial charge in [-0.1, -0.05) is 0 Å². The molecule has 0 bridgehead atoms. The van der Waals surface area contributed by atoms with Crippen LogP contribution in [0.2, 0.25) is 0 Å². The second kappa shape index (κ2) is 8.55. The summed E-state index contributed by atoms with van der Waals surface area (Å²) in [6.07, 6.45) is 6.71. The van der Waals surface area contributed by atoms with Crippen LogP contribution in [0.3, 0.4) is 0 Å². The summed E-state index contributed by atoms with van der Waals surface area (Å²) in [4.78, 5) is 12.8. The van der Waals surface area contributed by atoms with E-state index in [9.17, 15) is 10.1 Å². The molecular formula is C16H26N2O5S. The zero-order valence-electron chi connectivity index (χ0n) is 14.5. The van der Waals surface area contributed by atoms with E-state index in [0.717, 1.165) is 5.75 Å². The van der Waals surface area contributed by atoms with Gasteiger partial charge in [0, 0.05) is 31.0 Å². The number of anilines is 1. The number of rotatable bonds is 8. The fraction of sp³-hybridized carbons (Fsp3) is 0.625. The van der Waals surface area contributed by atoms with E-state index in [1.54, 1.807) is 12.1 Å². The number of ether oxygens (including phenoxy) is 3. The summed E-state index contributed by atoms with van der Waals surface area (Å²) in [5.74, 6) is 1.60. The number of hydrogen-bond donors (Lipinski definition) is 0. The van der Waals surface area contributed by atoms with E-state index in [-0.39, 0.29) is 17.4 Å². The van der Waals surface area contributed by atoms with Crippen LogP contribution >= 0.6 is 10.0 Å². The molecule has 8 heteroatoms. The van der Waals surface area contributed by atoms with Gasteiger partial charge in [0.05, 0.1) is 24.7 Å². The van der Waals surface area contributed by atoms with E-state index in [2.05, 4.69) is 18.8 Å². The highest BCUT2D eigenvalue weighted by Crippen LogP contribution is 2.34. The molecule has 0 aromatic heterocycles. The Morgan fingerprint density at radius 3 is 2.62 bits per heavy atom. The molecule has 7 nitrogen and oxygen atoms in total. The lowest BCUT2D eigenvalue weighted by Crippen LogP contribution is -2.36. The largest absolute Gasteiger partial charge is 0.467 e. The molecule has 0 unspecified atom stereocenters. The lowest BCUT2D eigenvalue weighted by atomic mass is 10.2. The summed E-state index contributed by atoms with van der Waals surface area (Å²) in [7, 11) is -0.580. The van der Waals surface area contributed by atoms with Crippen LogP contribution < -0.4 is 9.64 Å². The molecule has 1 saturated heterocycles. The van der Waals surface area contributed by atoms with Crippen molar-refractivity contribution in [2.45, 2.75) is 0 Å². The lowest BCUT2D eigenvalue weighted by molar-refractivity contribution is -0.384. The summed E-state index contributed by atoms with van der Waals surface area (Å²) in [6.45, 7) is 3.21. The molecule has 1 fully saturated rings. The van der Waals surface area contributed by atoms with Crippen molar-refractivity contribution in [3.8, 4) is 5.75 Å². The van der Waals surface area contributed by atoms with E-state index in [1.165, 1.54) is 6.07 Å². The van der Waals surface area contributed by atoms with Crippen LogP contribution in [0.1, 0.15) is 0 Å². The fourth-order valence-corrected chi connectivity index (χ4v) is 2.90. The molecule has 0 saturated carbocycles. The van der Waals surface area contributed by atoms with Crippen LogP contribution in [0, 0.1) is 10.1 Å². The molecule has 0 amide bonds. The quantitative estimate of drug-likeness (QED) is 0.308. The Kier molecular flexibility index (Phi) is 6.70. The van der Waals surface area contributed by atoms with Crippen molar-refractivity contribution in [1.29, 1.82) is 0 Å². The molecule has 2 rings (SSSR count). The van der Waals surface area contributed by atoms with Gasteiger partial charge in [-0.25, -0.2) is 10.0 Å². The second-order valence-corrected chi connectivity index (χ2v) is 11.1. The molecule has 0 spiro atoms. The Hall–Kier alpha value is -1.51. The van der Waals surface area contributed by atoms with Gasteiger partial charge >= 0.3 is 0 Å². The normalized spacial score (nSPS) is 16.0. The molecule has 0 atom stereocenters. The van der Waals surface area contributed by atoms with E-state index in [0.29, 0.717) is 44.3 Å². The van der Waals surface area contributed by atoms with Crippen molar-refractivity contribution in [3.63, 3.8) is 0 Å². The third kappa shape index (κ3) is 5.85. The predicted octanol–water partition coefficient (Wildman–Crippen LogP) is 2.48. The van der Waals surface area contributed by atoms with Crippen LogP contribution in [-0.2, 0) is 9.47 Å². The minimum absolute atomic E-state index is 0.0847. The highest BCUT2D eigenvalue weighted by atomic mass is 32.3. The number of morpholine rings is 1. The van der Waals surface area contributed by atoms with E-state index in [4.69, 9.17) is 14.2 Å². The van der Waals surface area contributed by atoms with Gasteiger partial charge in [0.1, 0.15) is 11.4 Å². The molecule has 1 aliphatic heterocycles.